The normalized spacial score (nSPS) is 14.3. The molecule has 0 saturated carbocycles. The molecule has 1 N–H and O–H groups in total. The van der Waals surface area contributed by atoms with Crippen molar-refractivity contribution in [3.05, 3.63) is 83.5 Å². The molecule has 1 aliphatic rings. The van der Waals surface area contributed by atoms with Gasteiger partial charge in [0.05, 0.1) is 21.6 Å². The Bertz CT molecular complexity index is 1320. The van der Waals surface area contributed by atoms with E-state index >= 15 is 4.39 Å². The van der Waals surface area contributed by atoms with Gasteiger partial charge in [-0.15, -0.1) is 0 Å². The largest absolute Gasteiger partial charge is 0.377 e. The predicted octanol–water partition coefficient (Wildman–Crippen LogP) is 5.32. The number of nitrogens with one attached hydrogen (secondary N) is 1. The van der Waals surface area contributed by atoms with Crippen molar-refractivity contribution >= 4 is 22.1 Å². The van der Waals surface area contributed by atoms with Gasteiger partial charge in [-0.25, -0.2) is 13.2 Å². The van der Waals surface area contributed by atoms with Crippen molar-refractivity contribution in [2.45, 2.75) is 25.3 Å². The number of aryl methyl sites for hydroxylation is 1. The van der Waals surface area contributed by atoms with Crippen LogP contribution in [0.2, 0.25) is 0 Å². The van der Waals surface area contributed by atoms with Crippen LogP contribution in [-0.4, -0.2) is 38.4 Å². The fourth-order valence-electron chi connectivity index (χ4n) is 3.79. The van der Waals surface area contributed by atoms with Crippen LogP contribution in [0, 0.1) is 24.4 Å². The van der Waals surface area contributed by atoms with E-state index in [0.717, 1.165) is 35.9 Å². The smallest absolute Gasteiger partial charge is 0.139 e. The molecule has 0 fully saturated rings. The first kappa shape index (κ1) is 23.8. The Balaban J connectivity index is 1.68. The van der Waals surface area contributed by atoms with Gasteiger partial charge >= 0.3 is 0 Å². The third-order valence-electron chi connectivity index (χ3n) is 5.69. The van der Waals surface area contributed by atoms with Crippen LogP contribution in [0.25, 0.3) is 16.8 Å². The third-order valence-corrected chi connectivity index (χ3v) is 6.90. The van der Waals surface area contributed by atoms with E-state index in [4.69, 9.17) is 0 Å². The number of hydrogen-bond acceptors (Lipinski definition) is 4. The summed E-state index contributed by atoms with van der Waals surface area (Å²) < 4.78 is 56.9. The highest BCUT2D eigenvalue weighted by molar-refractivity contribution is 7.85. The Labute approximate surface area is 199 Å². The van der Waals surface area contributed by atoms with Gasteiger partial charge in [0.1, 0.15) is 23.1 Å². The van der Waals surface area contributed by atoms with Gasteiger partial charge in [0.2, 0.25) is 0 Å². The van der Waals surface area contributed by atoms with Crippen LogP contribution in [0.3, 0.4) is 0 Å². The van der Waals surface area contributed by atoms with Gasteiger partial charge in [0, 0.05) is 43.1 Å². The van der Waals surface area contributed by atoms with E-state index in [1.54, 1.807) is 17.7 Å². The van der Waals surface area contributed by atoms with Gasteiger partial charge in [-0.3, -0.25) is 8.89 Å². The van der Waals surface area contributed by atoms with Crippen molar-refractivity contribution in [3.63, 3.8) is 0 Å². The monoisotopic (exact) mass is 486 g/mol. The highest BCUT2D eigenvalue weighted by Gasteiger charge is 2.22. The number of allylic oxidation sites excluding steroid dienone is 2. The summed E-state index contributed by atoms with van der Waals surface area (Å²) in [5.74, 6) is -2.00. The van der Waals surface area contributed by atoms with E-state index in [9.17, 15) is 13.0 Å². The Morgan fingerprint density at radius 3 is 2.62 bits per heavy atom. The summed E-state index contributed by atoms with van der Waals surface area (Å²) in [4.78, 5) is 1.81. The molecule has 3 aromatic rings. The average Bonchev–Trinajstić information content (AvgIpc) is 3.24. The lowest BCUT2D eigenvalue weighted by Gasteiger charge is -2.18. The number of aromatic nitrogens is 2. The number of halogens is 3. The summed E-state index contributed by atoms with van der Waals surface area (Å²) in [6.07, 6.45) is 7.89. The minimum atomic E-state index is -1.84. The number of anilines is 1. The van der Waals surface area contributed by atoms with E-state index in [0.29, 0.717) is 29.1 Å². The number of hydrogen-bond donors (Lipinski definition) is 1. The van der Waals surface area contributed by atoms with Crippen molar-refractivity contribution in [2.24, 2.45) is 0 Å². The molecule has 178 valence electrons. The fraction of sp³-hybridized carbons (Fsp3) is 0.240. The minimum Gasteiger partial charge on any atom is -0.377 e. The first-order valence-corrected chi connectivity index (χ1v) is 12.1. The van der Waals surface area contributed by atoms with Gasteiger partial charge in [0.15, 0.2) is 0 Å². The van der Waals surface area contributed by atoms with Crippen molar-refractivity contribution in [3.8, 4) is 11.3 Å². The first-order valence-electron chi connectivity index (χ1n) is 10.8. The molecule has 0 amide bonds. The lowest BCUT2D eigenvalue weighted by Crippen LogP contribution is -2.13. The van der Waals surface area contributed by atoms with Crippen LogP contribution in [0.5, 0.6) is 0 Å². The van der Waals surface area contributed by atoms with Gasteiger partial charge < -0.3 is 10.2 Å². The molecular weight excluding hydrogens is 461 g/mol. The molecule has 1 aliphatic heterocycles. The van der Waals surface area contributed by atoms with E-state index in [2.05, 4.69) is 16.5 Å². The predicted molar refractivity (Wildman–Crippen MR) is 129 cm³/mol. The molecule has 9 heteroatoms. The maximum absolute atomic E-state index is 15.1. The Morgan fingerprint density at radius 1 is 1.15 bits per heavy atom. The molecule has 0 radical (unpaired) electrons. The van der Waals surface area contributed by atoms with Crippen LogP contribution < -0.4 is 5.32 Å². The number of nitrogens with zero attached hydrogens (tertiary/aromatic N) is 3. The third kappa shape index (κ3) is 4.79. The Kier molecular flexibility index (Phi) is 6.92. The van der Waals surface area contributed by atoms with Gasteiger partial charge in [-0.1, -0.05) is 6.08 Å². The van der Waals surface area contributed by atoms with Crippen LogP contribution in [0.4, 0.5) is 18.9 Å². The quantitative estimate of drug-likeness (QED) is 0.492. The first-order chi connectivity index (χ1) is 16.3. The zero-order chi connectivity index (χ0) is 24.4. The number of benzene rings is 2. The lowest BCUT2D eigenvalue weighted by atomic mass is 9.96. The topological polar surface area (TPSA) is 50.2 Å². The molecule has 0 aliphatic carbocycles. The van der Waals surface area contributed by atoms with Gasteiger partial charge in [-0.2, -0.15) is 5.10 Å². The maximum atomic E-state index is 15.1. The second-order valence-corrected chi connectivity index (χ2v) is 9.42. The van der Waals surface area contributed by atoms with E-state index < -0.39 is 28.3 Å². The summed E-state index contributed by atoms with van der Waals surface area (Å²) >= 11 is 0. The molecule has 2 heterocycles. The standard InChI is InChI=1S/C25H25F3N4OS/c1-4-32-14-19(17-9-11-31(3)12-10-17)25(30-32)24-16(2)22(8-7-21(24)28)29-15-34(33)23-13-18(26)5-6-20(23)27/h5-11,13-14,29H,4,12,15H2,1-3H3. The van der Waals surface area contributed by atoms with Gasteiger partial charge in [-0.05, 0) is 67.6 Å². The van der Waals surface area contributed by atoms with Crippen molar-refractivity contribution < 1.29 is 17.4 Å². The zero-order valence-corrected chi connectivity index (χ0v) is 19.9. The SMILES string of the molecule is CCn1cc(C2=CCN(C)C=C2)c(-c2c(F)ccc(NCS(=O)c3cc(F)ccc3F)c2C)n1. The Hall–Kier alpha value is -3.33. The molecule has 4 rings (SSSR count). The Morgan fingerprint density at radius 2 is 1.91 bits per heavy atom. The molecule has 0 spiro atoms. The number of likely N-dealkylation sites (N-methyl/N-ethyl adjacent to an activating group) is 1. The summed E-state index contributed by atoms with van der Waals surface area (Å²) in [6, 6.07) is 5.70. The number of rotatable bonds is 7. The molecule has 5 nitrogen and oxygen atoms in total. The summed E-state index contributed by atoms with van der Waals surface area (Å²) in [5, 5.41) is 7.62. The van der Waals surface area contributed by atoms with E-state index in [1.807, 2.05) is 37.3 Å². The van der Waals surface area contributed by atoms with E-state index in [-0.39, 0.29) is 10.8 Å². The highest BCUT2D eigenvalue weighted by Crippen LogP contribution is 2.36. The lowest BCUT2D eigenvalue weighted by molar-refractivity contribution is 0.506. The molecular formula is C25H25F3N4OS. The molecule has 1 aromatic heterocycles. The molecule has 0 bridgehead atoms. The highest BCUT2D eigenvalue weighted by atomic mass is 32.2. The second kappa shape index (κ2) is 9.89. The van der Waals surface area contributed by atoms with Crippen molar-refractivity contribution in [1.29, 1.82) is 0 Å². The molecule has 1 unspecified atom stereocenters. The second-order valence-electron chi connectivity index (χ2n) is 8.00. The fourth-order valence-corrected chi connectivity index (χ4v) is 4.76. The van der Waals surface area contributed by atoms with Crippen LogP contribution in [0.15, 0.2) is 59.8 Å². The van der Waals surface area contributed by atoms with E-state index in [1.165, 1.54) is 6.07 Å². The van der Waals surface area contributed by atoms with Crippen LogP contribution >= 0.6 is 0 Å². The van der Waals surface area contributed by atoms with Crippen molar-refractivity contribution in [2.75, 3.05) is 24.8 Å². The van der Waals surface area contributed by atoms with Crippen LogP contribution in [-0.2, 0) is 17.3 Å². The van der Waals surface area contributed by atoms with Gasteiger partial charge in [0.25, 0.3) is 0 Å². The minimum absolute atomic E-state index is 0.164. The van der Waals surface area contributed by atoms with Crippen molar-refractivity contribution in [1.82, 2.24) is 14.7 Å². The maximum Gasteiger partial charge on any atom is 0.139 e. The molecule has 34 heavy (non-hydrogen) atoms. The van der Waals surface area contributed by atoms with Crippen LogP contribution in [0.1, 0.15) is 18.1 Å². The molecule has 2 aromatic carbocycles. The zero-order valence-electron chi connectivity index (χ0n) is 19.1. The average molecular weight is 487 g/mol. The summed E-state index contributed by atoms with van der Waals surface area (Å²) in [6.45, 7) is 5.07. The molecule has 1 atom stereocenters. The molecule has 0 saturated heterocycles. The summed E-state index contributed by atoms with van der Waals surface area (Å²) in [7, 11) is 0.129. The summed E-state index contributed by atoms with van der Waals surface area (Å²) in [5.41, 5.74) is 3.73.